The highest BCUT2D eigenvalue weighted by Crippen LogP contribution is 2.20. The molecule has 0 bridgehead atoms. The summed E-state index contributed by atoms with van der Waals surface area (Å²) in [6, 6.07) is 3.17. The third-order valence-electron chi connectivity index (χ3n) is 1.75. The second-order valence-electron chi connectivity index (χ2n) is 2.74. The predicted octanol–water partition coefficient (Wildman–Crippen LogP) is 2.51. The Morgan fingerprint density at radius 3 is 2.46 bits per heavy atom. The number of aromatic nitrogens is 1. The molecule has 1 heterocycles. The molecule has 1 rings (SSSR count). The first-order valence-electron chi connectivity index (χ1n) is 3.72. The highest BCUT2D eigenvalue weighted by molar-refractivity contribution is 5.40. The van der Waals surface area contributed by atoms with E-state index in [1.54, 1.807) is 13.8 Å². The van der Waals surface area contributed by atoms with E-state index >= 15 is 0 Å². The molecule has 1 aromatic heterocycles. The van der Waals surface area contributed by atoms with Crippen molar-refractivity contribution >= 4 is 0 Å². The van der Waals surface area contributed by atoms with Crippen LogP contribution in [-0.4, -0.2) is 4.98 Å². The van der Waals surface area contributed by atoms with Gasteiger partial charge in [0, 0.05) is 0 Å². The Kier molecular flexibility index (Phi) is 2.57. The molecule has 0 aliphatic carbocycles. The topological polar surface area (TPSA) is 36.7 Å². The van der Waals surface area contributed by atoms with Crippen LogP contribution in [-0.2, 0) is 0 Å². The molecular weight excluding hydrogens is 174 g/mol. The fourth-order valence-corrected chi connectivity index (χ4v) is 1.14. The molecule has 0 spiro atoms. The van der Waals surface area contributed by atoms with E-state index < -0.39 is 6.43 Å². The largest absolute Gasteiger partial charge is 0.280 e. The van der Waals surface area contributed by atoms with Crippen molar-refractivity contribution < 1.29 is 8.78 Å². The Balaban J connectivity index is 3.30. The fourth-order valence-electron chi connectivity index (χ4n) is 1.14. The molecule has 0 aliphatic heterocycles. The Morgan fingerprint density at radius 2 is 2.08 bits per heavy atom. The highest BCUT2D eigenvalue weighted by atomic mass is 19.3. The van der Waals surface area contributed by atoms with Gasteiger partial charge in [-0.25, -0.2) is 8.78 Å². The average Bonchev–Trinajstić information content (AvgIpc) is 2.03. The Labute approximate surface area is 74.8 Å². The number of aryl methyl sites for hydroxylation is 2. The lowest BCUT2D eigenvalue weighted by Gasteiger charge is -2.04. The molecule has 1 aromatic rings. The van der Waals surface area contributed by atoms with Gasteiger partial charge in [-0.05, 0) is 25.5 Å². The summed E-state index contributed by atoms with van der Waals surface area (Å²) in [7, 11) is 0. The smallest absolute Gasteiger partial charge is 0.251 e. The monoisotopic (exact) mass is 182 g/mol. The number of nitrogens with zero attached hydrogens (tertiary/aromatic N) is 2. The van der Waals surface area contributed by atoms with Crippen LogP contribution >= 0.6 is 0 Å². The maximum atomic E-state index is 12.2. The molecule has 13 heavy (non-hydrogen) atoms. The van der Waals surface area contributed by atoms with Crippen LogP contribution in [0.5, 0.6) is 0 Å². The van der Waals surface area contributed by atoms with Crippen molar-refractivity contribution in [2.24, 2.45) is 0 Å². The average molecular weight is 182 g/mol. The summed E-state index contributed by atoms with van der Waals surface area (Å²) in [6.07, 6.45) is -2.58. The first-order valence-corrected chi connectivity index (χ1v) is 3.72. The third-order valence-corrected chi connectivity index (χ3v) is 1.75. The quantitative estimate of drug-likeness (QED) is 0.669. The van der Waals surface area contributed by atoms with Crippen LogP contribution in [0.1, 0.15) is 28.9 Å². The van der Waals surface area contributed by atoms with E-state index in [-0.39, 0.29) is 5.69 Å². The van der Waals surface area contributed by atoms with E-state index in [1.165, 1.54) is 6.07 Å². The second-order valence-corrected chi connectivity index (χ2v) is 2.74. The van der Waals surface area contributed by atoms with E-state index in [4.69, 9.17) is 5.26 Å². The highest BCUT2D eigenvalue weighted by Gasteiger charge is 2.12. The normalized spacial score (nSPS) is 10.2. The second kappa shape index (κ2) is 3.48. The zero-order valence-electron chi connectivity index (χ0n) is 7.31. The minimum absolute atomic E-state index is 0.269. The summed E-state index contributed by atoms with van der Waals surface area (Å²) in [5.74, 6) is 0. The number of rotatable bonds is 1. The maximum Gasteiger partial charge on any atom is 0.280 e. The van der Waals surface area contributed by atoms with Crippen molar-refractivity contribution in [3.05, 3.63) is 28.6 Å². The van der Waals surface area contributed by atoms with E-state index in [0.717, 1.165) is 0 Å². The minimum Gasteiger partial charge on any atom is -0.251 e. The molecule has 0 amide bonds. The summed E-state index contributed by atoms with van der Waals surface area (Å²) in [6.45, 7) is 3.18. The van der Waals surface area contributed by atoms with Crippen molar-refractivity contribution in [1.29, 1.82) is 5.26 Å². The number of nitriles is 1. The molecule has 2 nitrogen and oxygen atoms in total. The molecule has 0 saturated carbocycles. The van der Waals surface area contributed by atoms with Gasteiger partial charge >= 0.3 is 0 Å². The molecule has 0 N–H and O–H groups in total. The first-order chi connectivity index (χ1) is 6.06. The summed E-state index contributed by atoms with van der Waals surface area (Å²) in [5.41, 5.74) is 1.02. The molecule has 0 unspecified atom stereocenters. The Morgan fingerprint density at radius 1 is 1.46 bits per heavy atom. The number of pyridine rings is 1. The van der Waals surface area contributed by atoms with Gasteiger partial charge in [-0.1, -0.05) is 0 Å². The van der Waals surface area contributed by atoms with E-state index in [2.05, 4.69) is 4.98 Å². The molecule has 0 fully saturated rings. The molecule has 4 heteroatoms. The van der Waals surface area contributed by atoms with Crippen LogP contribution in [0.3, 0.4) is 0 Å². The van der Waals surface area contributed by atoms with Crippen molar-refractivity contribution in [2.45, 2.75) is 20.3 Å². The van der Waals surface area contributed by atoms with Gasteiger partial charge in [-0.15, -0.1) is 0 Å². The van der Waals surface area contributed by atoms with Gasteiger partial charge in [0.25, 0.3) is 6.43 Å². The number of halogens is 2. The molecule has 0 saturated heterocycles. The van der Waals surface area contributed by atoms with Crippen LogP contribution in [0.15, 0.2) is 6.07 Å². The van der Waals surface area contributed by atoms with Crippen molar-refractivity contribution in [1.82, 2.24) is 4.98 Å². The van der Waals surface area contributed by atoms with Gasteiger partial charge in [-0.2, -0.15) is 5.26 Å². The van der Waals surface area contributed by atoms with Crippen molar-refractivity contribution in [2.75, 3.05) is 0 Å². The lowest BCUT2D eigenvalue weighted by Crippen LogP contribution is -1.98. The standard InChI is InChI=1S/C9H8F2N2/c1-5-3-8(9(10)11)13-6(2)7(5)4-12/h3,9H,1-2H3. The van der Waals surface area contributed by atoms with E-state index in [0.29, 0.717) is 16.8 Å². The zero-order chi connectivity index (χ0) is 10.0. The van der Waals surface area contributed by atoms with E-state index in [9.17, 15) is 8.78 Å². The number of hydrogen-bond acceptors (Lipinski definition) is 2. The lowest BCUT2D eigenvalue weighted by molar-refractivity contribution is 0.146. The first kappa shape index (κ1) is 9.59. The lowest BCUT2D eigenvalue weighted by atomic mass is 10.1. The van der Waals surface area contributed by atoms with Gasteiger partial charge in [0.1, 0.15) is 11.8 Å². The molecule has 0 aromatic carbocycles. The summed E-state index contributed by atoms with van der Waals surface area (Å²) >= 11 is 0. The molecular formula is C9H8F2N2. The van der Waals surface area contributed by atoms with Gasteiger partial charge in [-0.3, -0.25) is 4.98 Å². The molecule has 68 valence electrons. The van der Waals surface area contributed by atoms with Crippen molar-refractivity contribution in [3.63, 3.8) is 0 Å². The summed E-state index contributed by atoms with van der Waals surface area (Å²) < 4.78 is 24.4. The van der Waals surface area contributed by atoms with Gasteiger partial charge in [0.05, 0.1) is 11.3 Å². The predicted molar refractivity (Wildman–Crippen MR) is 43.4 cm³/mol. The minimum atomic E-state index is -2.58. The third kappa shape index (κ3) is 1.81. The summed E-state index contributed by atoms with van der Waals surface area (Å²) in [4.78, 5) is 3.63. The number of alkyl halides is 2. The van der Waals surface area contributed by atoms with Gasteiger partial charge in [0.15, 0.2) is 0 Å². The summed E-state index contributed by atoms with van der Waals surface area (Å²) in [5, 5.41) is 8.65. The van der Waals surface area contributed by atoms with Crippen molar-refractivity contribution in [3.8, 4) is 6.07 Å². The molecule has 0 aliphatic rings. The van der Waals surface area contributed by atoms with E-state index in [1.807, 2.05) is 6.07 Å². The van der Waals surface area contributed by atoms with Crippen LogP contribution < -0.4 is 0 Å². The van der Waals surface area contributed by atoms with Crippen LogP contribution in [0.2, 0.25) is 0 Å². The van der Waals surface area contributed by atoms with Gasteiger partial charge < -0.3 is 0 Å². The maximum absolute atomic E-state index is 12.2. The van der Waals surface area contributed by atoms with Crippen LogP contribution in [0, 0.1) is 25.2 Å². The Bertz CT molecular complexity index is 343. The number of hydrogen-bond donors (Lipinski definition) is 0. The Hall–Kier alpha value is -1.50. The SMILES string of the molecule is Cc1cc(C(F)F)nc(C)c1C#N. The molecule has 0 radical (unpaired) electrons. The fraction of sp³-hybridized carbons (Fsp3) is 0.333. The molecule has 0 atom stereocenters. The van der Waals surface area contributed by atoms with Gasteiger partial charge in [0.2, 0.25) is 0 Å². The van der Waals surface area contributed by atoms with Crippen LogP contribution in [0.25, 0.3) is 0 Å². The van der Waals surface area contributed by atoms with Crippen LogP contribution in [0.4, 0.5) is 8.78 Å². The zero-order valence-corrected chi connectivity index (χ0v) is 7.31.